The second kappa shape index (κ2) is 7.84. The molecular weight excluding hydrogens is 258 g/mol. The highest BCUT2D eigenvalue weighted by molar-refractivity contribution is 5.70. The summed E-state index contributed by atoms with van der Waals surface area (Å²) in [6, 6.07) is 18.6. The van der Waals surface area contributed by atoms with Gasteiger partial charge in [0.1, 0.15) is 11.9 Å². The molecule has 2 N–H and O–H groups in total. The molecule has 21 heavy (non-hydrogen) atoms. The van der Waals surface area contributed by atoms with Gasteiger partial charge in [-0.2, -0.15) is 0 Å². The van der Waals surface area contributed by atoms with Crippen molar-refractivity contribution in [3.8, 4) is 16.9 Å². The van der Waals surface area contributed by atoms with Gasteiger partial charge in [-0.1, -0.05) is 68.8 Å². The number of benzene rings is 2. The Balaban J connectivity index is 2.24. The van der Waals surface area contributed by atoms with Crippen LogP contribution in [0.3, 0.4) is 0 Å². The first-order valence-electron chi connectivity index (χ1n) is 7.83. The lowest BCUT2D eigenvalue weighted by Gasteiger charge is -2.25. The molecule has 0 aliphatic rings. The van der Waals surface area contributed by atoms with Crippen LogP contribution < -0.4 is 10.5 Å². The SMILES string of the molecule is CCCC(N)C(CC)Oc1ccccc1-c1ccccc1. The van der Waals surface area contributed by atoms with Crippen LogP contribution in [0.1, 0.15) is 33.1 Å². The van der Waals surface area contributed by atoms with Crippen LogP contribution in [0.2, 0.25) is 0 Å². The smallest absolute Gasteiger partial charge is 0.127 e. The molecule has 0 radical (unpaired) electrons. The number of rotatable bonds is 7. The van der Waals surface area contributed by atoms with E-state index in [0.29, 0.717) is 0 Å². The zero-order valence-electron chi connectivity index (χ0n) is 13.0. The second-order valence-corrected chi connectivity index (χ2v) is 5.38. The third-order valence-electron chi connectivity index (χ3n) is 3.75. The van der Waals surface area contributed by atoms with Crippen molar-refractivity contribution < 1.29 is 4.74 Å². The average Bonchev–Trinajstić information content (AvgIpc) is 2.54. The van der Waals surface area contributed by atoms with Gasteiger partial charge in [0.2, 0.25) is 0 Å². The van der Waals surface area contributed by atoms with E-state index in [4.69, 9.17) is 10.5 Å². The molecule has 2 nitrogen and oxygen atoms in total. The molecule has 0 heterocycles. The summed E-state index contributed by atoms with van der Waals surface area (Å²) in [5, 5.41) is 0. The van der Waals surface area contributed by atoms with E-state index in [0.717, 1.165) is 30.6 Å². The molecule has 2 atom stereocenters. The Kier molecular flexibility index (Phi) is 5.82. The minimum atomic E-state index is 0.0646. The fraction of sp³-hybridized carbons (Fsp3) is 0.368. The van der Waals surface area contributed by atoms with Gasteiger partial charge in [0, 0.05) is 11.6 Å². The molecule has 2 heteroatoms. The van der Waals surface area contributed by atoms with Gasteiger partial charge < -0.3 is 10.5 Å². The first-order valence-corrected chi connectivity index (χ1v) is 7.83. The standard InChI is InChI=1S/C19H25NO/c1-3-10-17(20)18(4-2)21-19-14-9-8-13-16(19)15-11-6-5-7-12-15/h5-9,11-14,17-18H,3-4,10,20H2,1-2H3. The van der Waals surface area contributed by atoms with Crippen molar-refractivity contribution in [1.29, 1.82) is 0 Å². The molecule has 0 spiro atoms. The molecule has 0 saturated heterocycles. The summed E-state index contributed by atoms with van der Waals surface area (Å²) in [4.78, 5) is 0. The van der Waals surface area contributed by atoms with Crippen molar-refractivity contribution in [2.24, 2.45) is 5.73 Å². The minimum Gasteiger partial charge on any atom is -0.488 e. The Morgan fingerprint density at radius 3 is 2.29 bits per heavy atom. The van der Waals surface area contributed by atoms with Crippen LogP contribution in [0.25, 0.3) is 11.1 Å². The lowest BCUT2D eigenvalue weighted by Crippen LogP contribution is -2.38. The molecule has 2 aromatic rings. The average molecular weight is 283 g/mol. The van der Waals surface area contributed by atoms with Crippen molar-refractivity contribution in [2.75, 3.05) is 0 Å². The van der Waals surface area contributed by atoms with E-state index in [2.05, 4.69) is 32.0 Å². The molecule has 0 amide bonds. The Labute approximate surface area is 127 Å². The largest absolute Gasteiger partial charge is 0.488 e. The molecule has 0 aliphatic carbocycles. The quantitative estimate of drug-likeness (QED) is 0.803. The van der Waals surface area contributed by atoms with Gasteiger partial charge in [-0.3, -0.25) is 0 Å². The predicted molar refractivity (Wildman–Crippen MR) is 89.5 cm³/mol. The second-order valence-electron chi connectivity index (χ2n) is 5.38. The first kappa shape index (κ1) is 15.6. The maximum absolute atomic E-state index is 6.25. The Morgan fingerprint density at radius 1 is 0.952 bits per heavy atom. The summed E-state index contributed by atoms with van der Waals surface area (Å²) in [5.74, 6) is 0.919. The van der Waals surface area contributed by atoms with Crippen molar-refractivity contribution >= 4 is 0 Å². The number of nitrogens with two attached hydrogens (primary N) is 1. The maximum atomic E-state index is 6.25. The van der Waals surface area contributed by atoms with Crippen molar-refractivity contribution in [1.82, 2.24) is 0 Å². The molecule has 0 bridgehead atoms. The summed E-state index contributed by atoms with van der Waals surface area (Å²) in [6.07, 6.45) is 3.06. The highest BCUT2D eigenvalue weighted by Gasteiger charge is 2.18. The molecule has 0 aromatic heterocycles. The topological polar surface area (TPSA) is 35.2 Å². The molecule has 0 aliphatic heterocycles. The Hall–Kier alpha value is -1.80. The molecule has 2 rings (SSSR count). The summed E-state index contributed by atoms with van der Waals surface area (Å²) < 4.78 is 6.24. The van der Waals surface area contributed by atoms with Crippen LogP contribution in [0, 0.1) is 0 Å². The molecular formula is C19H25NO. The zero-order chi connectivity index (χ0) is 15.1. The molecule has 2 unspecified atom stereocenters. The molecule has 112 valence electrons. The van der Waals surface area contributed by atoms with Crippen LogP contribution in [-0.4, -0.2) is 12.1 Å². The van der Waals surface area contributed by atoms with Gasteiger partial charge in [0.15, 0.2) is 0 Å². The first-order chi connectivity index (χ1) is 10.3. The fourth-order valence-corrected chi connectivity index (χ4v) is 2.58. The highest BCUT2D eigenvalue weighted by atomic mass is 16.5. The van der Waals surface area contributed by atoms with Crippen LogP contribution in [0.15, 0.2) is 54.6 Å². The van der Waals surface area contributed by atoms with Gasteiger partial charge in [-0.15, -0.1) is 0 Å². The van der Waals surface area contributed by atoms with Crippen LogP contribution in [-0.2, 0) is 0 Å². The fourth-order valence-electron chi connectivity index (χ4n) is 2.58. The molecule has 2 aromatic carbocycles. The third kappa shape index (κ3) is 4.08. The van der Waals surface area contributed by atoms with Gasteiger partial charge in [0.05, 0.1) is 0 Å². The summed E-state index contributed by atoms with van der Waals surface area (Å²) in [5.41, 5.74) is 8.55. The minimum absolute atomic E-state index is 0.0646. The van der Waals surface area contributed by atoms with Crippen LogP contribution in [0.4, 0.5) is 0 Å². The highest BCUT2D eigenvalue weighted by Crippen LogP contribution is 2.31. The molecule has 0 saturated carbocycles. The van der Waals surface area contributed by atoms with Gasteiger partial charge in [0.25, 0.3) is 0 Å². The van der Waals surface area contributed by atoms with Crippen molar-refractivity contribution in [2.45, 2.75) is 45.3 Å². The Morgan fingerprint density at radius 2 is 1.62 bits per heavy atom. The number of para-hydroxylation sites is 1. The van der Waals surface area contributed by atoms with Crippen molar-refractivity contribution in [3.63, 3.8) is 0 Å². The lowest BCUT2D eigenvalue weighted by molar-refractivity contribution is 0.162. The van der Waals surface area contributed by atoms with Gasteiger partial charge >= 0.3 is 0 Å². The van der Waals surface area contributed by atoms with E-state index in [-0.39, 0.29) is 12.1 Å². The van der Waals surface area contributed by atoms with E-state index in [1.54, 1.807) is 0 Å². The monoisotopic (exact) mass is 283 g/mol. The number of hydrogen-bond donors (Lipinski definition) is 1. The van der Waals surface area contributed by atoms with E-state index < -0.39 is 0 Å². The van der Waals surface area contributed by atoms with E-state index >= 15 is 0 Å². The number of hydrogen-bond acceptors (Lipinski definition) is 2. The lowest BCUT2D eigenvalue weighted by atomic mass is 10.0. The van der Waals surface area contributed by atoms with E-state index in [9.17, 15) is 0 Å². The summed E-state index contributed by atoms with van der Waals surface area (Å²) in [6.45, 7) is 4.29. The summed E-state index contributed by atoms with van der Waals surface area (Å²) in [7, 11) is 0. The Bertz CT molecular complexity index is 538. The van der Waals surface area contributed by atoms with E-state index in [1.807, 2.05) is 36.4 Å². The maximum Gasteiger partial charge on any atom is 0.127 e. The van der Waals surface area contributed by atoms with E-state index in [1.165, 1.54) is 5.56 Å². The normalized spacial score (nSPS) is 13.7. The molecule has 0 fully saturated rings. The van der Waals surface area contributed by atoms with Gasteiger partial charge in [-0.25, -0.2) is 0 Å². The third-order valence-corrected chi connectivity index (χ3v) is 3.75. The summed E-state index contributed by atoms with van der Waals surface area (Å²) >= 11 is 0. The van der Waals surface area contributed by atoms with Crippen LogP contribution in [0.5, 0.6) is 5.75 Å². The van der Waals surface area contributed by atoms with Crippen molar-refractivity contribution in [3.05, 3.63) is 54.6 Å². The number of ether oxygens (including phenoxy) is 1. The predicted octanol–water partition coefficient (Wildman–Crippen LogP) is 4.64. The van der Waals surface area contributed by atoms with Crippen LogP contribution >= 0.6 is 0 Å². The zero-order valence-corrected chi connectivity index (χ0v) is 13.0. The van der Waals surface area contributed by atoms with Gasteiger partial charge in [-0.05, 0) is 24.5 Å².